The fourth-order valence-electron chi connectivity index (χ4n) is 2.95. The third-order valence-corrected chi connectivity index (χ3v) is 5.38. The van der Waals surface area contributed by atoms with Crippen molar-refractivity contribution < 1.29 is 4.79 Å². The van der Waals surface area contributed by atoms with Gasteiger partial charge in [-0.2, -0.15) is 0 Å². The Morgan fingerprint density at radius 3 is 2.90 bits per heavy atom. The molecule has 2 aliphatic rings. The van der Waals surface area contributed by atoms with Crippen LogP contribution in [0.15, 0.2) is 6.07 Å². The molecule has 0 spiro atoms. The third kappa shape index (κ3) is 3.40. The van der Waals surface area contributed by atoms with Crippen molar-refractivity contribution in [2.24, 2.45) is 0 Å². The molecule has 110 valence electrons. The summed E-state index contributed by atoms with van der Waals surface area (Å²) in [6.07, 6.45) is 4.86. The van der Waals surface area contributed by atoms with Crippen LogP contribution in [-0.2, 0) is 12.8 Å². The molecular weight excluding hydrogens is 270 g/mol. The van der Waals surface area contributed by atoms with Gasteiger partial charge in [-0.1, -0.05) is 0 Å². The third-order valence-electron chi connectivity index (χ3n) is 4.14. The van der Waals surface area contributed by atoms with Crippen molar-refractivity contribution in [1.82, 2.24) is 15.5 Å². The smallest absolute Gasteiger partial charge is 0.261 e. The van der Waals surface area contributed by atoms with Gasteiger partial charge in [0, 0.05) is 44.1 Å². The zero-order valence-corrected chi connectivity index (χ0v) is 12.7. The molecule has 2 heterocycles. The topological polar surface area (TPSA) is 44.4 Å². The zero-order valence-electron chi connectivity index (χ0n) is 11.9. The van der Waals surface area contributed by atoms with Crippen LogP contribution in [0.1, 0.15) is 33.0 Å². The number of nitrogens with one attached hydrogen (secondary N) is 2. The Hall–Kier alpha value is -0.910. The molecule has 1 aliphatic heterocycles. The van der Waals surface area contributed by atoms with E-state index in [0.29, 0.717) is 0 Å². The molecule has 4 nitrogen and oxygen atoms in total. The molecular formula is C15H23N3OS. The van der Waals surface area contributed by atoms with Crippen molar-refractivity contribution in [2.45, 2.75) is 25.7 Å². The summed E-state index contributed by atoms with van der Waals surface area (Å²) in [5.74, 6) is 0.111. The van der Waals surface area contributed by atoms with Gasteiger partial charge < -0.3 is 10.6 Å². The van der Waals surface area contributed by atoms with Gasteiger partial charge in [0.2, 0.25) is 0 Å². The first-order chi connectivity index (χ1) is 9.83. The monoisotopic (exact) mass is 293 g/mol. The average molecular weight is 293 g/mol. The maximum absolute atomic E-state index is 12.2. The van der Waals surface area contributed by atoms with Crippen LogP contribution in [0.3, 0.4) is 0 Å². The number of fused-ring (bicyclic) bond motifs is 1. The van der Waals surface area contributed by atoms with E-state index in [1.807, 2.05) is 0 Å². The quantitative estimate of drug-likeness (QED) is 0.878. The van der Waals surface area contributed by atoms with Gasteiger partial charge in [-0.05, 0) is 37.3 Å². The lowest BCUT2D eigenvalue weighted by Gasteiger charge is -2.26. The maximum atomic E-state index is 12.2. The van der Waals surface area contributed by atoms with Crippen LogP contribution in [-0.4, -0.2) is 50.1 Å². The van der Waals surface area contributed by atoms with Crippen LogP contribution < -0.4 is 10.6 Å². The maximum Gasteiger partial charge on any atom is 0.261 e. The van der Waals surface area contributed by atoms with Crippen LogP contribution in [0.25, 0.3) is 0 Å². The molecule has 1 fully saturated rings. The van der Waals surface area contributed by atoms with E-state index in [1.54, 1.807) is 11.3 Å². The molecule has 3 rings (SSSR count). The van der Waals surface area contributed by atoms with Gasteiger partial charge in [0.05, 0.1) is 4.88 Å². The summed E-state index contributed by atoms with van der Waals surface area (Å²) < 4.78 is 0. The lowest BCUT2D eigenvalue weighted by Crippen LogP contribution is -2.46. The van der Waals surface area contributed by atoms with E-state index >= 15 is 0 Å². The first kappa shape index (κ1) is 14.0. The molecule has 2 N–H and O–H groups in total. The van der Waals surface area contributed by atoms with Crippen molar-refractivity contribution in [1.29, 1.82) is 0 Å². The summed E-state index contributed by atoms with van der Waals surface area (Å²) in [6, 6.07) is 2.11. The van der Waals surface area contributed by atoms with Crippen molar-refractivity contribution in [3.05, 3.63) is 21.4 Å². The molecule has 1 aromatic heterocycles. The summed E-state index contributed by atoms with van der Waals surface area (Å²) in [5.41, 5.74) is 1.41. The Labute approximate surface area is 124 Å². The highest BCUT2D eigenvalue weighted by molar-refractivity contribution is 7.14. The number of hydrogen-bond donors (Lipinski definition) is 2. The van der Waals surface area contributed by atoms with Crippen LogP contribution in [0.2, 0.25) is 0 Å². The van der Waals surface area contributed by atoms with E-state index in [2.05, 4.69) is 21.6 Å². The SMILES string of the molecule is O=C(NCCN1CCNCC1)c1cc2c(s1)CCCC2. The minimum absolute atomic E-state index is 0.111. The Morgan fingerprint density at radius 2 is 2.10 bits per heavy atom. The Morgan fingerprint density at radius 1 is 1.30 bits per heavy atom. The lowest BCUT2D eigenvalue weighted by atomic mass is 9.99. The van der Waals surface area contributed by atoms with E-state index in [-0.39, 0.29) is 5.91 Å². The second-order valence-corrected chi connectivity index (χ2v) is 6.75. The van der Waals surface area contributed by atoms with E-state index in [0.717, 1.165) is 57.0 Å². The standard InChI is InChI=1S/C15H23N3OS/c19-15(17-7-10-18-8-5-16-6-9-18)14-11-12-3-1-2-4-13(12)20-14/h11,16H,1-10H2,(H,17,19). The number of amides is 1. The lowest BCUT2D eigenvalue weighted by molar-refractivity contribution is 0.0951. The molecule has 1 aromatic rings. The Bertz CT molecular complexity index is 442. The number of aryl methyl sites for hydroxylation is 2. The Balaban J connectivity index is 1.47. The largest absolute Gasteiger partial charge is 0.350 e. The number of nitrogens with zero attached hydrogens (tertiary/aromatic N) is 1. The molecule has 20 heavy (non-hydrogen) atoms. The van der Waals surface area contributed by atoms with Gasteiger partial charge in [0.25, 0.3) is 5.91 Å². The van der Waals surface area contributed by atoms with Gasteiger partial charge in [-0.15, -0.1) is 11.3 Å². The van der Waals surface area contributed by atoms with E-state index in [4.69, 9.17) is 0 Å². The minimum atomic E-state index is 0.111. The molecule has 5 heteroatoms. The number of rotatable bonds is 4. The highest BCUT2D eigenvalue weighted by Gasteiger charge is 2.17. The summed E-state index contributed by atoms with van der Waals surface area (Å²) in [7, 11) is 0. The molecule has 0 radical (unpaired) electrons. The number of hydrogen-bond acceptors (Lipinski definition) is 4. The average Bonchev–Trinajstić information content (AvgIpc) is 2.92. The molecule has 0 unspecified atom stereocenters. The van der Waals surface area contributed by atoms with E-state index in [9.17, 15) is 4.79 Å². The Kier molecular flexibility index (Phi) is 4.70. The molecule has 0 bridgehead atoms. The van der Waals surface area contributed by atoms with Gasteiger partial charge >= 0.3 is 0 Å². The fraction of sp³-hybridized carbons (Fsp3) is 0.667. The molecule has 1 amide bonds. The van der Waals surface area contributed by atoms with Crippen LogP contribution in [0.5, 0.6) is 0 Å². The molecule has 0 atom stereocenters. The van der Waals surface area contributed by atoms with Crippen LogP contribution in [0.4, 0.5) is 0 Å². The first-order valence-corrected chi connectivity index (χ1v) is 8.47. The highest BCUT2D eigenvalue weighted by atomic mass is 32.1. The number of piperazine rings is 1. The van der Waals surface area contributed by atoms with Gasteiger partial charge in [-0.25, -0.2) is 0 Å². The second kappa shape index (κ2) is 6.70. The zero-order chi connectivity index (χ0) is 13.8. The van der Waals surface area contributed by atoms with Crippen molar-refractivity contribution in [3.8, 4) is 0 Å². The van der Waals surface area contributed by atoms with Gasteiger partial charge in [0.1, 0.15) is 0 Å². The molecule has 0 saturated carbocycles. The van der Waals surface area contributed by atoms with Crippen molar-refractivity contribution in [2.75, 3.05) is 39.3 Å². The van der Waals surface area contributed by atoms with E-state index in [1.165, 1.54) is 23.3 Å². The molecule has 0 aromatic carbocycles. The van der Waals surface area contributed by atoms with Crippen molar-refractivity contribution >= 4 is 17.2 Å². The molecule has 1 saturated heterocycles. The summed E-state index contributed by atoms with van der Waals surface area (Å²) in [5, 5.41) is 6.40. The summed E-state index contributed by atoms with van der Waals surface area (Å²) in [6.45, 7) is 6.00. The van der Waals surface area contributed by atoms with Crippen LogP contribution >= 0.6 is 11.3 Å². The molecule has 1 aliphatic carbocycles. The van der Waals surface area contributed by atoms with E-state index < -0.39 is 0 Å². The normalized spacial score (nSPS) is 19.6. The minimum Gasteiger partial charge on any atom is -0.350 e. The second-order valence-electron chi connectivity index (χ2n) is 5.61. The summed E-state index contributed by atoms with van der Waals surface area (Å²) in [4.78, 5) is 16.9. The predicted octanol–water partition coefficient (Wildman–Crippen LogP) is 1.26. The number of carbonyl (C=O) groups is 1. The van der Waals surface area contributed by atoms with Gasteiger partial charge in [-0.3, -0.25) is 9.69 Å². The van der Waals surface area contributed by atoms with Crippen molar-refractivity contribution in [3.63, 3.8) is 0 Å². The van der Waals surface area contributed by atoms with Crippen LogP contribution in [0, 0.1) is 0 Å². The number of carbonyl (C=O) groups excluding carboxylic acids is 1. The first-order valence-electron chi connectivity index (χ1n) is 7.66. The highest BCUT2D eigenvalue weighted by Crippen LogP contribution is 2.29. The fourth-order valence-corrected chi connectivity index (χ4v) is 4.12. The predicted molar refractivity (Wildman–Crippen MR) is 82.6 cm³/mol. The number of thiophene rings is 1. The summed E-state index contributed by atoms with van der Waals surface area (Å²) >= 11 is 1.69. The van der Waals surface area contributed by atoms with Gasteiger partial charge in [0.15, 0.2) is 0 Å².